The molecule has 0 aliphatic rings. The molecule has 0 unspecified atom stereocenters. The van der Waals surface area contributed by atoms with E-state index in [1.165, 1.54) is 86.7 Å². The molecule has 0 aliphatic heterocycles. The highest BCUT2D eigenvalue weighted by molar-refractivity contribution is 6.22. The zero-order valence-corrected chi connectivity index (χ0v) is 36.7. The lowest BCUT2D eigenvalue weighted by Gasteiger charge is -2.15. The molecule has 4 heteroatoms. The van der Waals surface area contributed by atoms with E-state index >= 15 is 0 Å². The Hall–Kier alpha value is -9.12. The summed E-state index contributed by atoms with van der Waals surface area (Å²) in [7, 11) is 0. The molecule has 0 amide bonds. The third-order valence-corrected chi connectivity index (χ3v) is 14.4. The summed E-state index contributed by atoms with van der Waals surface area (Å²) >= 11 is 0. The number of fused-ring (bicyclic) bond motifs is 14. The Morgan fingerprint density at radius 3 is 1.62 bits per heavy atom. The summed E-state index contributed by atoms with van der Waals surface area (Å²) in [6.45, 7) is 0. The highest BCUT2D eigenvalue weighted by atomic mass is 15.0. The predicted molar refractivity (Wildman–Crippen MR) is 287 cm³/mol. The van der Waals surface area contributed by atoms with Gasteiger partial charge in [-0.25, -0.2) is 9.97 Å². The molecule has 4 nitrogen and oxygen atoms in total. The zero-order valence-electron chi connectivity index (χ0n) is 36.7. The van der Waals surface area contributed by atoms with E-state index in [9.17, 15) is 0 Å². The molecule has 3 aromatic heterocycles. The van der Waals surface area contributed by atoms with Crippen LogP contribution >= 0.6 is 0 Å². The van der Waals surface area contributed by atoms with Crippen LogP contribution in [0, 0.1) is 0 Å². The van der Waals surface area contributed by atoms with Gasteiger partial charge >= 0.3 is 0 Å². The highest BCUT2D eigenvalue weighted by Gasteiger charge is 2.20. The largest absolute Gasteiger partial charge is 0.309 e. The van der Waals surface area contributed by atoms with Crippen molar-refractivity contribution < 1.29 is 0 Å². The molecular formula is C64H38N4. The molecule has 314 valence electrons. The standard InChI is InChI=1S/C64H38N4/c1-4-16-49-40(13-1)29-32-60-62(49)53-20-8-12-24-59(53)67(60)46-31-28-41-38-61-54(37-45(41)35-46)52-19-7-11-23-58(52)68(61)47-30-27-39-25-26-43(33-44(39)34-47)63-64(66-57-22-10-9-21-56(57)65-63)55-36-42-14-2-3-15-48(42)50-17-5-6-18-51(50)55/h1-38H. The molecule has 15 aromatic rings. The fourth-order valence-electron chi connectivity index (χ4n) is 11.3. The molecular weight excluding hydrogens is 825 g/mol. The van der Waals surface area contributed by atoms with Gasteiger partial charge in [-0.3, -0.25) is 0 Å². The number of rotatable bonds is 4. The first-order chi connectivity index (χ1) is 33.7. The quantitative estimate of drug-likeness (QED) is 0.165. The van der Waals surface area contributed by atoms with Crippen molar-refractivity contribution in [1.82, 2.24) is 19.1 Å². The van der Waals surface area contributed by atoms with Gasteiger partial charge in [-0.15, -0.1) is 0 Å². The van der Waals surface area contributed by atoms with Gasteiger partial charge in [-0.05, 0) is 133 Å². The van der Waals surface area contributed by atoms with Crippen LogP contribution in [0.5, 0.6) is 0 Å². The van der Waals surface area contributed by atoms with Crippen LogP contribution in [0.15, 0.2) is 231 Å². The lowest BCUT2D eigenvalue weighted by molar-refractivity contribution is 1.18. The van der Waals surface area contributed by atoms with E-state index in [0.29, 0.717) is 0 Å². The fraction of sp³-hybridized carbons (Fsp3) is 0. The Labute approximate surface area is 390 Å². The Morgan fingerprint density at radius 1 is 0.265 bits per heavy atom. The molecule has 0 spiro atoms. The second kappa shape index (κ2) is 14.2. The van der Waals surface area contributed by atoms with Crippen molar-refractivity contribution >= 4 is 109 Å². The van der Waals surface area contributed by atoms with E-state index in [2.05, 4.69) is 228 Å². The fourth-order valence-corrected chi connectivity index (χ4v) is 11.3. The molecule has 0 saturated carbocycles. The minimum atomic E-state index is 0.869. The van der Waals surface area contributed by atoms with E-state index in [0.717, 1.165) is 55.7 Å². The minimum absolute atomic E-state index is 0.869. The van der Waals surface area contributed by atoms with Gasteiger partial charge in [0.1, 0.15) is 0 Å². The second-order valence-corrected chi connectivity index (χ2v) is 18.1. The maximum Gasteiger partial charge on any atom is 0.0979 e. The van der Waals surface area contributed by atoms with Gasteiger partial charge in [0, 0.05) is 44.0 Å². The number of benzene rings is 12. The molecule has 0 saturated heterocycles. The molecule has 68 heavy (non-hydrogen) atoms. The Balaban J connectivity index is 0.903. The SMILES string of the molecule is c1ccc2c(c1)cc(-c1nc3ccccc3nc1-c1ccc3ccc(-n4c5ccccc5c5cc6cc(-n7c8ccccc8c8c9ccccc9ccc87)ccc6cc54)cc3c1)c1ccccc12. The van der Waals surface area contributed by atoms with Crippen LogP contribution < -0.4 is 0 Å². The van der Waals surface area contributed by atoms with Crippen molar-refractivity contribution in [2.75, 3.05) is 0 Å². The van der Waals surface area contributed by atoms with Gasteiger partial charge in [-0.1, -0.05) is 152 Å². The zero-order chi connectivity index (χ0) is 44.5. The van der Waals surface area contributed by atoms with Crippen LogP contribution in [0.3, 0.4) is 0 Å². The Bertz CT molecular complexity index is 4630. The van der Waals surface area contributed by atoms with Gasteiger partial charge in [0.15, 0.2) is 0 Å². The third-order valence-electron chi connectivity index (χ3n) is 14.4. The van der Waals surface area contributed by atoms with Crippen molar-refractivity contribution in [3.8, 4) is 33.9 Å². The summed E-state index contributed by atoms with van der Waals surface area (Å²) in [5, 5.41) is 17.1. The van der Waals surface area contributed by atoms with E-state index < -0.39 is 0 Å². The highest BCUT2D eigenvalue weighted by Crippen LogP contribution is 2.42. The summed E-state index contributed by atoms with van der Waals surface area (Å²) in [6.07, 6.45) is 0. The van der Waals surface area contributed by atoms with Crippen molar-refractivity contribution in [2.45, 2.75) is 0 Å². The van der Waals surface area contributed by atoms with Crippen LogP contribution in [0.25, 0.3) is 142 Å². The van der Waals surface area contributed by atoms with E-state index in [1.54, 1.807) is 0 Å². The van der Waals surface area contributed by atoms with Gasteiger partial charge in [-0.2, -0.15) is 0 Å². The molecule has 0 aliphatic carbocycles. The molecule has 0 radical (unpaired) electrons. The number of hydrogen-bond acceptors (Lipinski definition) is 2. The maximum absolute atomic E-state index is 5.40. The average Bonchev–Trinajstić information content (AvgIpc) is 3.92. The number of hydrogen-bond donors (Lipinski definition) is 0. The van der Waals surface area contributed by atoms with Crippen molar-refractivity contribution in [2.24, 2.45) is 0 Å². The summed E-state index contributed by atoms with van der Waals surface area (Å²) in [4.78, 5) is 10.8. The number of para-hydroxylation sites is 4. The second-order valence-electron chi connectivity index (χ2n) is 18.1. The first-order valence-corrected chi connectivity index (χ1v) is 23.3. The Kier molecular flexibility index (Phi) is 7.75. The molecule has 15 rings (SSSR count). The monoisotopic (exact) mass is 862 g/mol. The maximum atomic E-state index is 5.40. The molecule has 12 aromatic carbocycles. The lowest BCUT2D eigenvalue weighted by atomic mass is 9.93. The van der Waals surface area contributed by atoms with E-state index in [1.807, 2.05) is 12.1 Å². The first-order valence-electron chi connectivity index (χ1n) is 23.3. The van der Waals surface area contributed by atoms with Crippen LogP contribution in [0.1, 0.15) is 0 Å². The van der Waals surface area contributed by atoms with Crippen molar-refractivity contribution in [3.05, 3.63) is 231 Å². The molecule has 0 fully saturated rings. The third kappa shape index (κ3) is 5.43. The summed E-state index contributed by atoms with van der Waals surface area (Å²) in [5.41, 5.74) is 12.6. The smallest absolute Gasteiger partial charge is 0.0979 e. The summed E-state index contributed by atoms with van der Waals surface area (Å²) in [5.74, 6) is 0. The van der Waals surface area contributed by atoms with E-state index in [4.69, 9.17) is 9.97 Å². The van der Waals surface area contributed by atoms with Crippen molar-refractivity contribution in [3.63, 3.8) is 0 Å². The number of nitrogens with zero attached hydrogens (tertiary/aromatic N) is 4. The predicted octanol–water partition coefficient (Wildman–Crippen LogP) is 16.9. The van der Waals surface area contributed by atoms with Gasteiger partial charge in [0.25, 0.3) is 0 Å². The van der Waals surface area contributed by atoms with Gasteiger partial charge in [0.2, 0.25) is 0 Å². The van der Waals surface area contributed by atoms with Gasteiger partial charge in [0.05, 0.1) is 44.5 Å². The molecule has 0 atom stereocenters. The first kappa shape index (κ1) is 37.1. The normalized spacial score (nSPS) is 12.1. The van der Waals surface area contributed by atoms with Crippen LogP contribution in [-0.4, -0.2) is 19.1 Å². The number of aromatic nitrogens is 4. The van der Waals surface area contributed by atoms with Crippen LogP contribution in [0.4, 0.5) is 0 Å². The summed E-state index contributed by atoms with van der Waals surface area (Å²) in [6, 6.07) is 84.0. The molecule has 3 heterocycles. The van der Waals surface area contributed by atoms with Crippen molar-refractivity contribution in [1.29, 1.82) is 0 Å². The van der Waals surface area contributed by atoms with Crippen LogP contribution in [0.2, 0.25) is 0 Å². The van der Waals surface area contributed by atoms with Gasteiger partial charge < -0.3 is 9.13 Å². The average molecular weight is 863 g/mol. The lowest BCUT2D eigenvalue weighted by Crippen LogP contribution is -1.97. The van der Waals surface area contributed by atoms with E-state index in [-0.39, 0.29) is 0 Å². The Morgan fingerprint density at radius 2 is 0.824 bits per heavy atom. The minimum Gasteiger partial charge on any atom is -0.309 e. The topological polar surface area (TPSA) is 35.6 Å². The molecule has 0 bridgehead atoms. The summed E-state index contributed by atoms with van der Waals surface area (Å²) < 4.78 is 4.87. The van der Waals surface area contributed by atoms with Crippen LogP contribution in [-0.2, 0) is 0 Å². The molecule has 0 N–H and O–H groups in total.